The van der Waals surface area contributed by atoms with Crippen molar-refractivity contribution in [2.24, 2.45) is 0 Å². The van der Waals surface area contributed by atoms with Gasteiger partial charge in [0, 0.05) is 26.2 Å². The van der Waals surface area contributed by atoms with Gasteiger partial charge in [0.25, 0.3) is 0 Å². The van der Waals surface area contributed by atoms with Crippen molar-refractivity contribution in [1.82, 2.24) is 4.90 Å². The Morgan fingerprint density at radius 1 is 0.839 bits per heavy atom. The van der Waals surface area contributed by atoms with E-state index in [1.807, 2.05) is 6.07 Å². The van der Waals surface area contributed by atoms with Crippen LogP contribution < -0.4 is 4.74 Å². The van der Waals surface area contributed by atoms with Gasteiger partial charge in [-0.1, -0.05) is 72.3 Å². The summed E-state index contributed by atoms with van der Waals surface area (Å²) in [6, 6.07) is 27.7. The van der Waals surface area contributed by atoms with Gasteiger partial charge < -0.3 is 9.84 Å². The molecule has 1 heterocycles. The molecule has 4 rings (SSSR count). The van der Waals surface area contributed by atoms with E-state index >= 15 is 0 Å². The lowest BCUT2D eigenvalue weighted by atomic mass is 9.87. The van der Waals surface area contributed by atoms with Gasteiger partial charge in [0.1, 0.15) is 12.4 Å². The highest BCUT2D eigenvalue weighted by molar-refractivity contribution is 5.98. The van der Waals surface area contributed by atoms with Crippen LogP contribution in [0, 0.1) is 6.92 Å². The van der Waals surface area contributed by atoms with E-state index in [2.05, 4.69) is 84.6 Å². The summed E-state index contributed by atoms with van der Waals surface area (Å²) in [7, 11) is 0. The zero-order valence-electron chi connectivity index (χ0n) is 18.3. The second-order valence-corrected chi connectivity index (χ2v) is 8.13. The van der Waals surface area contributed by atoms with Gasteiger partial charge >= 0.3 is 0 Å². The minimum Gasteiger partial charge on any atom is -0.492 e. The number of benzene rings is 3. The lowest BCUT2D eigenvalue weighted by molar-refractivity contribution is 0.290. The van der Waals surface area contributed by atoms with Gasteiger partial charge in [-0.25, -0.2) is 0 Å². The number of nitrogens with zero attached hydrogens (tertiary/aromatic N) is 1. The van der Waals surface area contributed by atoms with E-state index in [-0.39, 0.29) is 6.61 Å². The maximum atomic E-state index is 9.54. The minimum atomic E-state index is 0.182. The molecule has 1 fully saturated rings. The van der Waals surface area contributed by atoms with E-state index in [4.69, 9.17) is 4.74 Å². The SMILES string of the molecule is Cc1ccc(/C(=C(\CCCO)c2ccccc2)c2ccc(OCCN3CC3)cc2)cc1. The average molecular weight is 414 g/mol. The standard InChI is InChI=1S/C28H31NO2/c1-22-9-11-24(12-10-22)28(27(8-5-20-30)23-6-3-2-4-7-23)25-13-15-26(16-14-25)31-21-19-29-17-18-29/h2-4,6-7,9-16,30H,5,8,17-21H2,1H3/b28-27-. The largest absolute Gasteiger partial charge is 0.492 e. The van der Waals surface area contributed by atoms with Crippen LogP contribution in [0.25, 0.3) is 11.1 Å². The smallest absolute Gasteiger partial charge is 0.119 e. The first-order valence-electron chi connectivity index (χ1n) is 11.2. The third-order valence-electron chi connectivity index (χ3n) is 5.71. The lowest BCUT2D eigenvalue weighted by Gasteiger charge is -2.18. The summed E-state index contributed by atoms with van der Waals surface area (Å²) < 4.78 is 5.93. The molecule has 1 aliphatic heterocycles. The van der Waals surface area contributed by atoms with Gasteiger partial charge in [0.2, 0.25) is 0 Å². The Bertz CT molecular complexity index is 987. The number of allylic oxidation sites excluding steroid dienone is 1. The van der Waals surface area contributed by atoms with Gasteiger partial charge in [-0.15, -0.1) is 0 Å². The fourth-order valence-electron chi connectivity index (χ4n) is 3.85. The fraction of sp³-hybridized carbons (Fsp3) is 0.286. The van der Waals surface area contributed by atoms with Gasteiger partial charge in [-0.3, -0.25) is 4.90 Å². The lowest BCUT2D eigenvalue weighted by Crippen LogP contribution is -2.10. The molecule has 3 aromatic rings. The highest BCUT2D eigenvalue weighted by atomic mass is 16.5. The van der Waals surface area contributed by atoms with Gasteiger partial charge in [-0.05, 0) is 59.7 Å². The van der Waals surface area contributed by atoms with Gasteiger partial charge in [0.05, 0.1) is 0 Å². The molecule has 1 N–H and O–H groups in total. The average Bonchev–Trinajstić information content (AvgIpc) is 3.63. The second-order valence-electron chi connectivity index (χ2n) is 8.13. The molecule has 0 bridgehead atoms. The van der Waals surface area contributed by atoms with Crippen LogP contribution in [-0.2, 0) is 0 Å². The van der Waals surface area contributed by atoms with Crippen molar-refractivity contribution in [2.45, 2.75) is 19.8 Å². The van der Waals surface area contributed by atoms with E-state index in [0.29, 0.717) is 0 Å². The first-order chi connectivity index (χ1) is 15.2. The molecule has 1 saturated heterocycles. The number of aliphatic hydroxyl groups is 1. The van der Waals surface area contributed by atoms with Crippen LogP contribution in [0.5, 0.6) is 5.75 Å². The van der Waals surface area contributed by atoms with Crippen molar-refractivity contribution in [3.63, 3.8) is 0 Å². The second kappa shape index (κ2) is 10.4. The molecule has 0 unspecified atom stereocenters. The molecule has 1 aliphatic rings. The van der Waals surface area contributed by atoms with Crippen LogP contribution in [0.4, 0.5) is 0 Å². The number of ether oxygens (including phenoxy) is 1. The summed E-state index contributed by atoms with van der Waals surface area (Å²) in [6.45, 7) is 6.41. The molecule has 0 aliphatic carbocycles. The zero-order valence-corrected chi connectivity index (χ0v) is 18.3. The third-order valence-corrected chi connectivity index (χ3v) is 5.71. The molecular formula is C28H31NO2. The molecule has 3 nitrogen and oxygen atoms in total. The topological polar surface area (TPSA) is 32.5 Å². The van der Waals surface area contributed by atoms with E-state index in [1.165, 1.54) is 46.5 Å². The quantitative estimate of drug-likeness (QED) is 0.356. The highest BCUT2D eigenvalue weighted by Crippen LogP contribution is 2.35. The molecule has 3 aromatic carbocycles. The Kier molecular flexibility index (Phi) is 7.18. The normalized spacial score (nSPS) is 14.3. The number of rotatable bonds is 10. The Labute approximate surface area is 185 Å². The Hall–Kier alpha value is -2.88. The van der Waals surface area contributed by atoms with Crippen LogP contribution in [0.3, 0.4) is 0 Å². The monoisotopic (exact) mass is 413 g/mol. The van der Waals surface area contributed by atoms with Crippen LogP contribution >= 0.6 is 0 Å². The summed E-state index contributed by atoms with van der Waals surface area (Å²) in [5.74, 6) is 0.908. The molecule has 0 amide bonds. The number of aryl methyl sites for hydroxylation is 1. The maximum Gasteiger partial charge on any atom is 0.119 e. The maximum absolute atomic E-state index is 9.54. The molecule has 0 spiro atoms. The summed E-state index contributed by atoms with van der Waals surface area (Å²) in [5, 5.41) is 9.54. The fourth-order valence-corrected chi connectivity index (χ4v) is 3.85. The predicted octanol–water partition coefficient (Wildman–Crippen LogP) is 5.42. The van der Waals surface area contributed by atoms with Crippen molar-refractivity contribution >= 4 is 11.1 Å². The Morgan fingerprint density at radius 3 is 2.10 bits per heavy atom. The van der Waals surface area contributed by atoms with E-state index in [0.717, 1.165) is 31.7 Å². The molecular weight excluding hydrogens is 382 g/mol. The van der Waals surface area contributed by atoms with Gasteiger partial charge in [0.15, 0.2) is 0 Å². The number of aliphatic hydroxyl groups excluding tert-OH is 1. The Morgan fingerprint density at radius 2 is 1.48 bits per heavy atom. The van der Waals surface area contributed by atoms with Gasteiger partial charge in [-0.2, -0.15) is 0 Å². The molecule has 0 aromatic heterocycles. The molecule has 160 valence electrons. The number of hydrogen-bond acceptors (Lipinski definition) is 3. The molecule has 0 atom stereocenters. The first kappa shape index (κ1) is 21.4. The molecule has 0 radical (unpaired) electrons. The Balaban J connectivity index is 1.72. The van der Waals surface area contributed by atoms with Crippen LogP contribution in [0.1, 0.15) is 35.1 Å². The van der Waals surface area contributed by atoms with Crippen molar-refractivity contribution in [3.8, 4) is 5.75 Å². The van der Waals surface area contributed by atoms with E-state index in [9.17, 15) is 5.11 Å². The van der Waals surface area contributed by atoms with Crippen molar-refractivity contribution in [3.05, 3.63) is 101 Å². The summed E-state index contributed by atoms with van der Waals surface area (Å²) in [4.78, 5) is 2.36. The summed E-state index contributed by atoms with van der Waals surface area (Å²) >= 11 is 0. The molecule has 3 heteroatoms. The van der Waals surface area contributed by atoms with Crippen LogP contribution in [0.2, 0.25) is 0 Å². The summed E-state index contributed by atoms with van der Waals surface area (Å²) in [5.41, 5.74) is 7.28. The third kappa shape index (κ3) is 5.84. The first-order valence-corrected chi connectivity index (χ1v) is 11.2. The van der Waals surface area contributed by atoms with Crippen LogP contribution in [0.15, 0.2) is 78.9 Å². The van der Waals surface area contributed by atoms with Crippen molar-refractivity contribution in [2.75, 3.05) is 32.8 Å². The predicted molar refractivity (Wildman–Crippen MR) is 128 cm³/mol. The minimum absolute atomic E-state index is 0.182. The van der Waals surface area contributed by atoms with E-state index in [1.54, 1.807) is 0 Å². The van der Waals surface area contributed by atoms with Crippen LogP contribution in [-0.4, -0.2) is 42.9 Å². The summed E-state index contributed by atoms with van der Waals surface area (Å²) in [6.07, 6.45) is 1.55. The van der Waals surface area contributed by atoms with Crippen molar-refractivity contribution < 1.29 is 9.84 Å². The van der Waals surface area contributed by atoms with E-state index < -0.39 is 0 Å². The van der Waals surface area contributed by atoms with Crippen molar-refractivity contribution in [1.29, 1.82) is 0 Å². The molecule has 0 saturated carbocycles. The highest BCUT2D eigenvalue weighted by Gasteiger charge is 2.17. The molecule has 31 heavy (non-hydrogen) atoms. The zero-order chi connectivity index (χ0) is 21.5. The number of hydrogen-bond donors (Lipinski definition) is 1.